The summed E-state index contributed by atoms with van der Waals surface area (Å²) in [7, 11) is -0.758. The summed E-state index contributed by atoms with van der Waals surface area (Å²) in [5.41, 5.74) is 2.45. The van der Waals surface area contributed by atoms with Crippen molar-refractivity contribution < 1.29 is 51.2 Å². The van der Waals surface area contributed by atoms with Crippen LogP contribution >= 0.6 is 32.2 Å². The molecule has 332 valence electrons. The number of esters is 1. The number of hydrogen-bond donors (Lipinski definition) is 0. The fraction of sp³-hybridized carbons (Fsp3) is 0.500. The molecule has 0 atom stereocenters. The smallest absolute Gasteiger partial charge is 0.344 e. The zero-order valence-corrected chi connectivity index (χ0v) is 38.8. The Morgan fingerprint density at radius 1 is 0.820 bits per heavy atom. The zero-order valence-electron chi connectivity index (χ0n) is 35.4. The largest absolute Gasteiger partial charge is 0.490 e. The summed E-state index contributed by atoms with van der Waals surface area (Å²) in [5.74, 6) is 8.01. The Bertz CT molecular complexity index is 2100. The van der Waals surface area contributed by atoms with E-state index in [9.17, 15) is 13.9 Å². The summed E-state index contributed by atoms with van der Waals surface area (Å²) >= 11 is 3.58. The van der Waals surface area contributed by atoms with Crippen LogP contribution in [-0.4, -0.2) is 127 Å². The normalized spacial score (nSPS) is 11.6. The molecule has 0 aliphatic rings. The van der Waals surface area contributed by atoms with Gasteiger partial charge in [-0.05, 0) is 73.5 Å². The van der Waals surface area contributed by atoms with Crippen molar-refractivity contribution in [2.45, 2.75) is 47.2 Å². The van der Waals surface area contributed by atoms with Gasteiger partial charge in [-0.15, -0.1) is 0 Å². The standard InChI is InChI=1S/C40H54BrN7O11P2/c1-7-15-45(29-57-60-50)26-33-13-16-47(43-33)38-22-31(11-12-32-24-37(56-21-19-53-6)35(41)25-36(32)55-20-18-52-5)23-39(42-38)48-17-14-34(44-48)27-46(28-40(49)54-8-2)30-61(51,58-9-3)59-10-4/h13-14,16-17,22-25H,7-10,15,18-21,26-30H2,1-6H3. The topological polar surface area (TPSA) is 180 Å². The predicted octanol–water partition coefficient (Wildman–Crippen LogP) is 6.65. The average Bonchev–Trinajstić information content (AvgIpc) is 3.91. The van der Waals surface area contributed by atoms with E-state index in [1.165, 1.54) is 0 Å². The molecule has 3 aromatic heterocycles. The van der Waals surface area contributed by atoms with Crippen molar-refractivity contribution in [3.63, 3.8) is 0 Å². The fourth-order valence-electron chi connectivity index (χ4n) is 5.80. The highest BCUT2D eigenvalue weighted by Crippen LogP contribution is 2.48. The van der Waals surface area contributed by atoms with Crippen molar-refractivity contribution in [3.8, 4) is 35.0 Å². The van der Waals surface area contributed by atoms with Crippen molar-refractivity contribution in [2.24, 2.45) is 0 Å². The van der Waals surface area contributed by atoms with Crippen LogP contribution in [0.1, 0.15) is 56.6 Å². The Hall–Kier alpha value is -4.05. The molecule has 0 spiro atoms. The number of carbonyl (C=O) groups is 1. The van der Waals surface area contributed by atoms with Crippen LogP contribution in [0, 0.1) is 11.8 Å². The summed E-state index contributed by atoms with van der Waals surface area (Å²) in [6, 6.07) is 10.8. The number of ether oxygens (including phenoxy) is 5. The molecule has 21 heteroatoms. The number of rotatable bonds is 28. The van der Waals surface area contributed by atoms with Crippen LogP contribution in [0.2, 0.25) is 0 Å². The molecule has 61 heavy (non-hydrogen) atoms. The molecule has 0 amide bonds. The van der Waals surface area contributed by atoms with Gasteiger partial charge in [-0.2, -0.15) is 10.2 Å². The molecule has 0 bridgehead atoms. The number of nitrogens with zero attached hydrogens (tertiary/aromatic N) is 7. The lowest BCUT2D eigenvalue weighted by Gasteiger charge is -2.25. The summed E-state index contributed by atoms with van der Waals surface area (Å²) in [4.78, 5) is 21.2. The lowest BCUT2D eigenvalue weighted by molar-refractivity contribution is -0.144. The Morgan fingerprint density at radius 3 is 1.98 bits per heavy atom. The second-order valence-electron chi connectivity index (χ2n) is 13.1. The molecule has 0 aliphatic carbocycles. The molecule has 0 N–H and O–H groups in total. The number of hydrogen-bond acceptors (Lipinski definition) is 16. The first kappa shape index (κ1) is 49.6. The quantitative estimate of drug-likeness (QED) is 0.0194. The van der Waals surface area contributed by atoms with Gasteiger partial charge in [-0.25, -0.2) is 18.9 Å². The van der Waals surface area contributed by atoms with Gasteiger partial charge in [0.2, 0.25) is 0 Å². The van der Waals surface area contributed by atoms with Gasteiger partial charge in [-0.3, -0.25) is 23.7 Å². The van der Waals surface area contributed by atoms with Crippen LogP contribution < -0.4 is 9.47 Å². The monoisotopic (exact) mass is 949 g/mol. The first-order valence-electron chi connectivity index (χ1n) is 19.7. The van der Waals surface area contributed by atoms with Crippen LogP contribution in [0.4, 0.5) is 0 Å². The summed E-state index contributed by atoms with van der Waals surface area (Å²) in [6.45, 7) is 10.5. The number of pyridine rings is 1. The van der Waals surface area contributed by atoms with Gasteiger partial charge in [0.05, 0.1) is 61.0 Å². The molecule has 18 nitrogen and oxygen atoms in total. The van der Waals surface area contributed by atoms with E-state index in [4.69, 9.17) is 52.4 Å². The molecule has 3 heterocycles. The third-order valence-corrected chi connectivity index (χ3v) is 11.2. The second kappa shape index (κ2) is 26.4. The molecular weight excluding hydrogens is 896 g/mol. The van der Waals surface area contributed by atoms with Gasteiger partial charge in [0.1, 0.15) is 37.7 Å². The first-order chi connectivity index (χ1) is 29.6. The number of halogens is 1. The van der Waals surface area contributed by atoms with Crippen LogP contribution in [0.25, 0.3) is 11.6 Å². The summed E-state index contributed by atoms with van der Waals surface area (Å²) < 4.78 is 72.2. The van der Waals surface area contributed by atoms with Crippen LogP contribution in [0.5, 0.6) is 11.5 Å². The molecule has 0 aliphatic heterocycles. The molecule has 1 aromatic carbocycles. The maximum absolute atomic E-state index is 13.5. The SMILES string of the molecule is CCCN(COP=O)Cc1ccn(-c2cc(C#Cc3cc(OCCOC)c(Br)cc3OCCOC)cc(-n3ccc(CN(CC(=O)OCC)CP(=O)(OCC)OCC)n3)n2)n1. The van der Waals surface area contributed by atoms with E-state index in [2.05, 4.69) is 34.7 Å². The van der Waals surface area contributed by atoms with E-state index < -0.39 is 22.3 Å². The minimum Gasteiger partial charge on any atom is -0.490 e. The number of carbonyl (C=O) groups excluding carboxylic acids is 1. The third kappa shape index (κ3) is 16.3. The van der Waals surface area contributed by atoms with E-state index in [0.717, 1.165) is 18.7 Å². The molecule has 0 fully saturated rings. The fourth-order valence-corrected chi connectivity index (χ4v) is 8.16. The maximum Gasteiger partial charge on any atom is 0.344 e. The minimum absolute atomic E-state index is 0.124. The highest BCUT2D eigenvalue weighted by molar-refractivity contribution is 9.10. The van der Waals surface area contributed by atoms with E-state index in [1.54, 1.807) is 92.0 Å². The van der Waals surface area contributed by atoms with Crippen LogP contribution in [0.15, 0.2) is 53.3 Å². The predicted molar refractivity (Wildman–Crippen MR) is 230 cm³/mol. The lowest BCUT2D eigenvalue weighted by atomic mass is 10.1. The van der Waals surface area contributed by atoms with Crippen molar-refractivity contribution in [3.05, 3.63) is 75.8 Å². The molecule has 4 rings (SSSR count). The van der Waals surface area contributed by atoms with Crippen molar-refractivity contribution in [2.75, 3.05) is 86.6 Å². The summed E-state index contributed by atoms with van der Waals surface area (Å²) in [5, 5.41) is 9.60. The molecular formula is C40H54BrN7O11P2. The van der Waals surface area contributed by atoms with E-state index in [-0.39, 0.29) is 45.9 Å². The van der Waals surface area contributed by atoms with E-state index in [1.807, 2.05) is 11.0 Å². The van der Waals surface area contributed by atoms with Crippen molar-refractivity contribution in [1.82, 2.24) is 34.3 Å². The Balaban J connectivity index is 1.77. The molecule has 4 aromatic rings. The molecule has 0 saturated carbocycles. The van der Waals surface area contributed by atoms with Crippen molar-refractivity contribution in [1.29, 1.82) is 0 Å². The average molecular weight is 951 g/mol. The summed E-state index contributed by atoms with van der Waals surface area (Å²) in [6.07, 6.45) is 4.25. The number of benzene rings is 1. The van der Waals surface area contributed by atoms with Gasteiger partial charge in [0.15, 0.2) is 11.6 Å². The van der Waals surface area contributed by atoms with Gasteiger partial charge in [-0.1, -0.05) is 18.8 Å². The highest BCUT2D eigenvalue weighted by Gasteiger charge is 2.29. The maximum atomic E-state index is 13.5. The molecule has 0 unspecified atom stereocenters. The second-order valence-corrected chi connectivity index (χ2v) is 16.3. The molecule has 0 radical (unpaired) electrons. The Morgan fingerprint density at radius 2 is 1.43 bits per heavy atom. The third-order valence-electron chi connectivity index (χ3n) is 8.31. The lowest BCUT2D eigenvalue weighted by Crippen LogP contribution is -2.32. The van der Waals surface area contributed by atoms with Gasteiger partial charge in [0, 0.05) is 57.9 Å². The highest BCUT2D eigenvalue weighted by atomic mass is 79.9. The van der Waals surface area contributed by atoms with Gasteiger partial charge in [0.25, 0.3) is 0 Å². The van der Waals surface area contributed by atoms with Crippen LogP contribution in [-0.2, 0) is 54.8 Å². The zero-order chi connectivity index (χ0) is 44.0. The van der Waals surface area contributed by atoms with E-state index in [0.29, 0.717) is 77.4 Å². The van der Waals surface area contributed by atoms with Crippen LogP contribution in [0.3, 0.4) is 0 Å². The van der Waals surface area contributed by atoms with E-state index >= 15 is 0 Å². The van der Waals surface area contributed by atoms with Crippen molar-refractivity contribution >= 4 is 38.2 Å². The number of aromatic nitrogens is 5. The molecule has 0 saturated heterocycles. The Labute approximate surface area is 367 Å². The Kier molecular flexibility index (Phi) is 21.5. The first-order valence-corrected chi connectivity index (χ1v) is 23.0. The van der Waals surface area contributed by atoms with Gasteiger partial charge < -0.3 is 32.7 Å². The van der Waals surface area contributed by atoms with Gasteiger partial charge >= 0.3 is 22.3 Å². The minimum atomic E-state index is -3.57. The number of methoxy groups -OCH3 is 2.